The van der Waals surface area contributed by atoms with Crippen molar-refractivity contribution >= 4 is 28.5 Å². The summed E-state index contributed by atoms with van der Waals surface area (Å²) in [6.07, 6.45) is 0.0820. The van der Waals surface area contributed by atoms with Gasteiger partial charge in [0.15, 0.2) is 5.69 Å². The smallest absolute Gasteiger partial charge is 0.356 e. The Kier molecular flexibility index (Phi) is 3.90. The summed E-state index contributed by atoms with van der Waals surface area (Å²) in [6.45, 7) is 3.90. The Morgan fingerprint density at radius 3 is 2.68 bits per heavy atom. The Bertz CT molecular complexity index is 625. The Morgan fingerprint density at radius 1 is 1.32 bits per heavy atom. The van der Waals surface area contributed by atoms with E-state index in [1.165, 1.54) is 13.2 Å². The molecule has 0 atom stereocenters. The van der Waals surface area contributed by atoms with E-state index in [1.54, 1.807) is 12.1 Å². The highest BCUT2D eigenvalue weighted by atomic mass is 35.5. The molecular weight excluding hydrogens is 266 g/mol. The first-order valence-electron chi connectivity index (χ1n) is 5.86. The van der Waals surface area contributed by atoms with Crippen molar-refractivity contribution in [1.29, 1.82) is 0 Å². The number of carbonyl (C=O) groups is 1. The van der Waals surface area contributed by atoms with E-state index in [0.29, 0.717) is 10.5 Å². The van der Waals surface area contributed by atoms with E-state index in [2.05, 4.69) is 9.72 Å². The van der Waals surface area contributed by atoms with Gasteiger partial charge in [0.1, 0.15) is 5.75 Å². The predicted molar refractivity (Wildman–Crippen MR) is 73.9 cm³/mol. The summed E-state index contributed by atoms with van der Waals surface area (Å²) in [5.74, 6) is 0.211. The van der Waals surface area contributed by atoms with Crippen molar-refractivity contribution in [2.75, 3.05) is 7.11 Å². The van der Waals surface area contributed by atoms with Crippen LogP contribution in [0.3, 0.4) is 0 Å². The molecule has 0 aliphatic carbocycles. The van der Waals surface area contributed by atoms with E-state index in [9.17, 15) is 4.79 Å². The largest absolute Gasteiger partial charge is 0.491 e. The van der Waals surface area contributed by atoms with Crippen molar-refractivity contribution in [3.8, 4) is 5.75 Å². The maximum atomic E-state index is 11.5. The van der Waals surface area contributed by atoms with Crippen molar-refractivity contribution in [2.24, 2.45) is 0 Å². The molecule has 5 heteroatoms. The molecule has 0 N–H and O–H groups in total. The van der Waals surface area contributed by atoms with Crippen LogP contribution in [0, 0.1) is 0 Å². The molecule has 1 aromatic carbocycles. The highest BCUT2D eigenvalue weighted by molar-refractivity contribution is 6.35. The van der Waals surface area contributed by atoms with Gasteiger partial charge >= 0.3 is 5.97 Å². The summed E-state index contributed by atoms with van der Waals surface area (Å²) < 4.78 is 10.2. The lowest BCUT2D eigenvalue weighted by atomic mass is 10.2. The number of halogens is 1. The van der Waals surface area contributed by atoms with Crippen LogP contribution in [0.2, 0.25) is 5.02 Å². The molecule has 0 saturated carbocycles. The van der Waals surface area contributed by atoms with Crippen molar-refractivity contribution < 1.29 is 14.3 Å². The number of benzene rings is 1. The van der Waals surface area contributed by atoms with Crippen molar-refractivity contribution in [1.82, 2.24) is 4.98 Å². The van der Waals surface area contributed by atoms with Crippen LogP contribution in [0.25, 0.3) is 10.9 Å². The number of nitrogens with zero attached hydrogens (tertiary/aromatic N) is 1. The van der Waals surface area contributed by atoms with Gasteiger partial charge in [-0.2, -0.15) is 0 Å². The number of methoxy groups -OCH3 is 1. The van der Waals surface area contributed by atoms with Gasteiger partial charge in [-0.25, -0.2) is 9.78 Å². The van der Waals surface area contributed by atoms with Crippen LogP contribution in [0.1, 0.15) is 24.3 Å². The normalized spacial score (nSPS) is 10.8. The molecule has 1 aromatic heterocycles. The minimum Gasteiger partial charge on any atom is -0.491 e. The number of rotatable bonds is 3. The van der Waals surface area contributed by atoms with Crippen molar-refractivity contribution in [2.45, 2.75) is 20.0 Å². The highest BCUT2D eigenvalue weighted by Gasteiger charge is 2.12. The number of ether oxygens (including phenoxy) is 2. The van der Waals surface area contributed by atoms with E-state index in [1.807, 2.05) is 19.9 Å². The molecule has 19 heavy (non-hydrogen) atoms. The lowest BCUT2D eigenvalue weighted by Gasteiger charge is -2.11. The van der Waals surface area contributed by atoms with Gasteiger partial charge in [-0.1, -0.05) is 11.6 Å². The Balaban J connectivity index is 2.50. The van der Waals surface area contributed by atoms with Gasteiger partial charge in [0.25, 0.3) is 0 Å². The first kappa shape index (κ1) is 13.6. The van der Waals surface area contributed by atoms with Crippen LogP contribution >= 0.6 is 11.6 Å². The second-order valence-corrected chi connectivity index (χ2v) is 4.73. The molecular formula is C14H14ClNO3. The van der Waals surface area contributed by atoms with Gasteiger partial charge in [-0.05, 0) is 38.1 Å². The third-order valence-electron chi connectivity index (χ3n) is 2.50. The standard InChI is InChI=1S/C14H14ClNO3/c1-8(2)19-9-4-5-12-10(6-9)11(15)7-13(16-12)14(17)18-3/h4-8H,1-3H3. The van der Waals surface area contributed by atoms with Crippen LogP contribution in [0.4, 0.5) is 0 Å². The molecule has 1 heterocycles. The first-order valence-corrected chi connectivity index (χ1v) is 6.24. The first-order chi connectivity index (χ1) is 9.01. The van der Waals surface area contributed by atoms with Gasteiger partial charge in [0, 0.05) is 5.39 Å². The van der Waals surface area contributed by atoms with Gasteiger partial charge in [0.05, 0.1) is 23.8 Å². The van der Waals surface area contributed by atoms with E-state index in [0.717, 1.165) is 11.1 Å². The lowest BCUT2D eigenvalue weighted by Crippen LogP contribution is -2.06. The van der Waals surface area contributed by atoms with E-state index < -0.39 is 5.97 Å². The van der Waals surface area contributed by atoms with Crippen LogP contribution in [0.15, 0.2) is 24.3 Å². The Morgan fingerprint density at radius 2 is 2.05 bits per heavy atom. The highest BCUT2D eigenvalue weighted by Crippen LogP contribution is 2.27. The Labute approximate surface area is 116 Å². The molecule has 0 saturated heterocycles. The molecule has 0 bridgehead atoms. The van der Waals surface area contributed by atoms with E-state index in [4.69, 9.17) is 16.3 Å². The molecule has 0 spiro atoms. The topological polar surface area (TPSA) is 48.4 Å². The van der Waals surface area contributed by atoms with Crippen LogP contribution in [-0.4, -0.2) is 24.2 Å². The third-order valence-corrected chi connectivity index (χ3v) is 2.81. The molecule has 0 radical (unpaired) electrons. The fourth-order valence-electron chi connectivity index (χ4n) is 1.72. The van der Waals surface area contributed by atoms with Crippen molar-refractivity contribution in [3.63, 3.8) is 0 Å². The second-order valence-electron chi connectivity index (χ2n) is 4.33. The lowest BCUT2D eigenvalue weighted by molar-refractivity contribution is 0.0594. The fraction of sp³-hybridized carbons (Fsp3) is 0.286. The minimum atomic E-state index is -0.508. The summed E-state index contributed by atoms with van der Waals surface area (Å²) >= 11 is 6.17. The molecule has 2 rings (SSSR count). The summed E-state index contributed by atoms with van der Waals surface area (Å²) in [6, 6.07) is 6.87. The summed E-state index contributed by atoms with van der Waals surface area (Å²) in [5.41, 5.74) is 0.821. The minimum absolute atomic E-state index is 0.0820. The Hall–Kier alpha value is -1.81. The van der Waals surface area contributed by atoms with Crippen LogP contribution < -0.4 is 4.74 Å². The number of carbonyl (C=O) groups excluding carboxylic acids is 1. The molecule has 100 valence electrons. The number of pyridine rings is 1. The molecule has 2 aromatic rings. The molecule has 0 unspecified atom stereocenters. The van der Waals surface area contributed by atoms with Gasteiger partial charge in [-0.15, -0.1) is 0 Å². The summed E-state index contributed by atoms with van der Waals surface area (Å²) in [4.78, 5) is 15.7. The number of aromatic nitrogens is 1. The average Bonchev–Trinajstić information content (AvgIpc) is 2.37. The summed E-state index contributed by atoms with van der Waals surface area (Å²) in [5, 5.41) is 1.19. The molecule has 4 nitrogen and oxygen atoms in total. The van der Waals surface area contributed by atoms with E-state index >= 15 is 0 Å². The number of hydrogen-bond donors (Lipinski definition) is 0. The SMILES string of the molecule is COC(=O)c1cc(Cl)c2cc(OC(C)C)ccc2n1. The number of fused-ring (bicyclic) bond motifs is 1. The predicted octanol–water partition coefficient (Wildman–Crippen LogP) is 3.46. The van der Waals surface area contributed by atoms with Crippen LogP contribution in [-0.2, 0) is 4.74 Å². The van der Waals surface area contributed by atoms with Gasteiger partial charge < -0.3 is 9.47 Å². The zero-order chi connectivity index (χ0) is 14.0. The molecule has 0 fully saturated rings. The molecule has 0 aliphatic rings. The quantitative estimate of drug-likeness (QED) is 0.807. The zero-order valence-corrected chi connectivity index (χ0v) is 11.7. The van der Waals surface area contributed by atoms with Crippen molar-refractivity contribution in [3.05, 3.63) is 35.0 Å². The van der Waals surface area contributed by atoms with E-state index in [-0.39, 0.29) is 11.8 Å². The van der Waals surface area contributed by atoms with Crippen LogP contribution in [0.5, 0.6) is 5.75 Å². The monoisotopic (exact) mass is 279 g/mol. The second kappa shape index (κ2) is 5.45. The molecule has 0 aliphatic heterocycles. The van der Waals surface area contributed by atoms with Gasteiger partial charge in [0.2, 0.25) is 0 Å². The summed E-state index contributed by atoms with van der Waals surface area (Å²) in [7, 11) is 1.31. The zero-order valence-electron chi connectivity index (χ0n) is 10.9. The molecule has 0 amide bonds. The average molecular weight is 280 g/mol. The number of esters is 1. The maximum Gasteiger partial charge on any atom is 0.356 e. The fourth-order valence-corrected chi connectivity index (χ4v) is 1.97. The number of hydrogen-bond acceptors (Lipinski definition) is 4. The maximum absolute atomic E-state index is 11.5. The third kappa shape index (κ3) is 2.96. The van der Waals surface area contributed by atoms with Gasteiger partial charge in [-0.3, -0.25) is 0 Å².